The predicted molar refractivity (Wildman–Crippen MR) is 120 cm³/mol. The Morgan fingerprint density at radius 3 is 2.84 bits per heavy atom. The fourth-order valence-electron chi connectivity index (χ4n) is 4.65. The van der Waals surface area contributed by atoms with Crippen LogP contribution in [0.4, 0.5) is 14.6 Å². The number of nitrogens with two attached hydrogens (primary N) is 2. The first-order valence-corrected chi connectivity index (χ1v) is 10.1. The minimum atomic E-state index is -0.601. The summed E-state index contributed by atoms with van der Waals surface area (Å²) < 4.78 is 28.3. The summed E-state index contributed by atoms with van der Waals surface area (Å²) in [5, 5.41) is 3.61. The molecule has 2 aliphatic rings. The third kappa shape index (κ3) is 3.96. The number of primary amides is 1. The van der Waals surface area contributed by atoms with Crippen molar-refractivity contribution in [3.63, 3.8) is 0 Å². The number of aromatic nitrogens is 2. The zero-order valence-corrected chi connectivity index (χ0v) is 18.2. The number of nitrogens with one attached hydrogen (secondary N) is 2. The van der Waals surface area contributed by atoms with Crippen molar-refractivity contribution < 1.29 is 13.6 Å². The molecule has 0 bridgehead atoms. The molecule has 31 heavy (non-hydrogen) atoms. The van der Waals surface area contributed by atoms with Gasteiger partial charge in [-0.15, -0.1) is 12.4 Å². The second-order valence-electron chi connectivity index (χ2n) is 7.71. The normalized spacial score (nSPS) is 23.4. The number of hydrogen-bond acceptors (Lipinski definition) is 4. The topological polar surface area (TPSA) is 110 Å². The molecule has 1 aromatic carbocycles. The van der Waals surface area contributed by atoms with Crippen LogP contribution in [0.1, 0.15) is 30.4 Å². The molecule has 0 saturated heterocycles. The molecule has 4 rings (SSSR count). The highest BCUT2D eigenvalue weighted by Crippen LogP contribution is 2.41. The van der Waals surface area contributed by atoms with Crippen LogP contribution in [0.5, 0.6) is 0 Å². The first kappa shape index (κ1) is 23.3. The molecule has 0 spiro atoms. The highest BCUT2D eigenvalue weighted by Gasteiger charge is 2.54. The fourth-order valence-corrected chi connectivity index (χ4v) is 5.06. The van der Waals surface area contributed by atoms with Crippen molar-refractivity contribution in [2.45, 2.75) is 44.2 Å². The molecule has 1 aliphatic heterocycles. The Bertz CT molecular complexity index is 1030. The van der Waals surface area contributed by atoms with Gasteiger partial charge in [-0.3, -0.25) is 9.78 Å². The molecule has 1 amide bonds. The summed E-state index contributed by atoms with van der Waals surface area (Å²) in [5.41, 5.74) is 13.7. The lowest BCUT2D eigenvalue weighted by molar-refractivity contribution is -0.118. The Hall–Kier alpha value is -2.40. The number of fused-ring (bicyclic) bond motifs is 1. The van der Waals surface area contributed by atoms with Crippen LogP contribution in [0, 0.1) is 11.6 Å². The number of quaternary nitrogens is 1. The molecule has 0 saturated carbocycles. The minimum Gasteiger partial charge on any atom is -0.370 e. The molecular weight excluding hydrogens is 446 g/mol. The van der Waals surface area contributed by atoms with E-state index in [1.165, 1.54) is 6.07 Å². The summed E-state index contributed by atoms with van der Waals surface area (Å²) >= 11 is 5.73. The number of amides is 1. The van der Waals surface area contributed by atoms with E-state index in [1.807, 2.05) is 0 Å². The molecular formula is C20H24ClF2N6OS+. The van der Waals surface area contributed by atoms with E-state index in [-0.39, 0.29) is 29.4 Å². The summed E-state index contributed by atoms with van der Waals surface area (Å²) in [6.45, 7) is 0. The van der Waals surface area contributed by atoms with Gasteiger partial charge in [-0.1, -0.05) is 0 Å². The van der Waals surface area contributed by atoms with Gasteiger partial charge in [-0.05, 0) is 30.0 Å². The van der Waals surface area contributed by atoms with E-state index in [9.17, 15) is 13.6 Å². The number of halogens is 3. The van der Waals surface area contributed by atoms with Crippen molar-refractivity contribution in [1.29, 1.82) is 0 Å². The third-order valence-electron chi connectivity index (χ3n) is 6.00. The van der Waals surface area contributed by atoms with Crippen LogP contribution in [-0.2, 0) is 17.6 Å². The fraction of sp³-hybridized carbons (Fsp3) is 0.350. The van der Waals surface area contributed by atoms with E-state index in [2.05, 4.69) is 15.3 Å². The third-order valence-corrected chi connectivity index (χ3v) is 6.41. The van der Waals surface area contributed by atoms with Crippen molar-refractivity contribution in [2.24, 2.45) is 11.5 Å². The number of imidazole rings is 1. The Morgan fingerprint density at radius 2 is 2.16 bits per heavy atom. The smallest absolute Gasteiger partial charge is 0.285 e. The van der Waals surface area contributed by atoms with Crippen molar-refractivity contribution in [1.82, 2.24) is 19.8 Å². The first-order valence-electron chi connectivity index (χ1n) is 9.74. The van der Waals surface area contributed by atoms with E-state index in [4.69, 9.17) is 23.7 Å². The number of nitrogens with zero attached hydrogens (tertiary/aromatic N) is 2. The zero-order valence-electron chi connectivity index (χ0n) is 16.6. The average molecular weight is 470 g/mol. The van der Waals surface area contributed by atoms with Crippen LogP contribution < -0.4 is 21.3 Å². The number of carbonyl (C=O) groups is 1. The first-order chi connectivity index (χ1) is 14.3. The number of carbonyl (C=O) groups excluding carboxylic acids is 1. The second-order valence-corrected chi connectivity index (χ2v) is 8.10. The molecule has 2 aromatic rings. The lowest BCUT2D eigenvalue weighted by Crippen LogP contribution is -2.63. The van der Waals surface area contributed by atoms with Gasteiger partial charge >= 0.3 is 0 Å². The Morgan fingerprint density at radius 1 is 1.39 bits per heavy atom. The molecule has 0 radical (unpaired) electrons. The van der Waals surface area contributed by atoms with E-state index >= 15 is 0 Å². The highest BCUT2D eigenvalue weighted by molar-refractivity contribution is 7.80. The van der Waals surface area contributed by atoms with Gasteiger partial charge in [-0.25, -0.2) is 13.8 Å². The average Bonchev–Trinajstić information content (AvgIpc) is 3.34. The van der Waals surface area contributed by atoms with Crippen LogP contribution in [0.2, 0.25) is 0 Å². The summed E-state index contributed by atoms with van der Waals surface area (Å²) in [7, 11) is 0. The minimum absolute atomic E-state index is 0. The van der Waals surface area contributed by atoms with Crippen LogP contribution in [-0.4, -0.2) is 33.1 Å². The molecule has 6 N–H and O–H groups in total. The summed E-state index contributed by atoms with van der Waals surface area (Å²) in [5.74, 6) is -0.850. The van der Waals surface area contributed by atoms with Crippen LogP contribution in [0.25, 0.3) is 0 Å². The van der Waals surface area contributed by atoms with Crippen molar-refractivity contribution in [3.05, 3.63) is 59.3 Å². The van der Waals surface area contributed by atoms with Gasteiger partial charge in [-0.2, -0.15) is 4.48 Å². The van der Waals surface area contributed by atoms with Gasteiger partial charge in [0.25, 0.3) is 5.11 Å². The number of H-pyrrole nitrogens is 1. The number of aromatic amines is 1. The summed E-state index contributed by atoms with van der Waals surface area (Å²) in [6, 6.07) is 1.65. The lowest BCUT2D eigenvalue weighted by atomic mass is 9.85. The highest BCUT2D eigenvalue weighted by atomic mass is 35.5. The van der Waals surface area contributed by atoms with Crippen LogP contribution >= 0.6 is 24.6 Å². The maximum atomic E-state index is 14.3. The second kappa shape index (κ2) is 8.99. The standard InChI is InChI=1S/C20H22F2N6OS.ClH/c21-12-5-11-6-13(1-2-14(11)15(22)7-12)28(19-9-25-10-27-19)17(8-26-20(28)30)16(23)3-4-18(24)29;/h5,7-10,13,16H,1-4,6,23H2,(H3-,24,25,26,27,29,30);1H/p+1/t13?,16-,28?;/m0./s1. The van der Waals surface area contributed by atoms with Gasteiger partial charge in [0.15, 0.2) is 5.70 Å². The maximum Gasteiger partial charge on any atom is 0.285 e. The zero-order chi connectivity index (χ0) is 21.5. The molecule has 2 heterocycles. The van der Waals surface area contributed by atoms with Gasteiger partial charge in [0.2, 0.25) is 11.7 Å². The Kier molecular flexibility index (Phi) is 6.75. The van der Waals surface area contributed by atoms with E-state index < -0.39 is 23.6 Å². The molecule has 3 atom stereocenters. The number of thiocarbonyl (C=S) groups is 1. The number of rotatable bonds is 6. The largest absolute Gasteiger partial charge is 0.370 e. The Balaban J connectivity index is 0.00000272. The predicted octanol–water partition coefficient (Wildman–Crippen LogP) is 2.30. The quantitative estimate of drug-likeness (QED) is 0.383. The van der Waals surface area contributed by atoms with Crippen LogP contribution in [0.3, 0.4) is 0 Å². The van der Waals surface area contributed by atoms with Crippen LogP contribution in [0.15, 0.2) is 36.6 Å². The molecule has 7 nitrogen and oxygen atoms in total. The molecule has 166 valence electrons. The van der Waals surface area contributed by atoms with E-state index in [1.54, 1.807) is 18.7 Å². The number of hydrogen-bond donors (Lipinski definition) is 4. The van der Waals surface area contributed by atoms with E-state index in [0.29, 0.717) is 47.7 Å². The van der Waals surface area contributed by atoms with Crippen molar-refractivity contribution in [3.8, 4) is 0 Å². The van der Waals surface area contributed by atoms with Gasteiger partial charge in [0.1, 0.15) is 23.9 Å². The SMILES string of the molecule is Cl.NC(=O)CC[C@H](N)C1=CNC(=S)[N+]1(c1cnc[nH]1)C1CCc2c(F)cc(F)cc2C1. The Labute approximate surface area is 189 Å². The lowest BCUT2D eigenvalue weighted by Gasteiger charge is -2.42. The summed E-state index contributed by atoms with van der Waals surface area (Å²) in [4.78, 5) is 18.6. The van der Waals surface area contributed by atoms with Gasteiger partial charge in [0, 0.05) is 37.5 Å². The monoisotopic (exact) mass is 469 g/mol. The number of benzene rings is 1. The van der Waals surface area contributed by atoms with E-state index in [0.717, 1.165) is 11.8 Å². The van der Waals surface area contributed by atoms with Crippen molar-refractivity contribution >= 4 is 41.5 Å². The van der Waals surface area contributed by atoms with Gasteiger partial charge < -0.3 is 16.8 Å². The molecule has 0 fully saturated rings. The van der Waals surface area contributed by atoms with Gasteiger partial charge in [0.05, 0.1) is 18.6 Å². The molecule has 2 unspecified atom stereocenters. The molecule has 11 heteroatoms. The summed E-state index contributed by atoms with van der Waals surface area (Å²) in [6.07, 6.45) is 6.95. The molecule has 1 aliphatic carbocycles. The maximum absolute atomic E-state index is 14.3. The molecule has 1 aromatic heterocycles. The van der Waals surface area contributed by atoms with Crippen molar-refractivity contribution in [2.75, 3.05) is 0 Å².